The number of rotatable bonds is 5. The van der Waals surface area contributed by atoms with Gasteiger partial charge in [0, 0.05) is 30.9 Å². The van der Waals surface area contributed by atoms with E-state index in [-0.39, 0.29) is 0 Å². The quantitative estimate of drug-likeness (QED) is 0.829. The van der Waals surface area contributed by atoms with Gasteiger partial charge in [-0.3, -0.25) is 9.58 Å². The van der Waals surface area contributed by atoms with Gasteiger partial charge in [0.1, 0.15) is 0 Å². The Morgan fingerprint density at radius 1 is 1.33 bits per heavy atom. The van der Waals surface area contributed by atoms with Gasteiger partial charge in [-0.05, 0) is 39.4 Å². The molecule has 0 bridgehead atoms. The molecule has 0 aliphatic carbocycles. The van der Waals surface area contributed by atoms with Gasteiger partial charge in [-0.1, -0.05) is 4.49 Å². The van der Waals surface area contributed by atoms with Crippen LogP contribution in [0, 0.1) is 13.8 Å². The van der Waals surface area contributed by atoms with Gasteiger partial charge < -0.3 is 0 Å². The van der Waals surface area contributed by atoms with Gasteiger partial charge in [-0.25, -0.2) is 0 Å². The first-order valence-corrected chi connectivity index (χ1v) is 6.86. The lowest BCUT2D eigenvalue weighted by Gasteiger charge is -2.15. The van der Waals surface area contributed by atoms with E-state index in [1.165, 1.54) is 27.7 Å². The van der Waals surface area contributed by atoms with E-state index in [2.05, 4.69) is 40.5 Å². The second kappa shape index (κ2) is 5.58. The van der Waals surface area contributed by atoms with Crippen LogP contribution in [-0.2, 0) is 19.6 Å². The molecule has 0 amide bonds. The van der Waals surface area contributed by atoms with Crippen molar-refractivity contribution >= 4 is 11.5 Å². The van der Waals surface area contributed by atoms with Crippen LogP contribution < -0.4 is 0 Å². The zero-order valence-corrected chi connectivity index (χ0v) is 12.2. The van der Waals surface area contributed by atoms with E-state index in [4.69, 9.17) is 0 Å². The SMILES string of the molecule is CCn1ncc(CN(C)Cc2snnc2C)c1C. The summed E-state index contributed by atoms with van der Waals surface area (Å²) < 4.78 is 6.00. The molecule has 98 valence electrons. The number of nitrogens with zero attached hydrogens (tertiary/aromatic N) is 5. The highest BCUT2D eigenvalue weighted by Crippen LogP contribution is 2.15. The van der Waals surface area contributed by atoms with Crippen molar-refractivity contribution in [3.63, 3.8) is 0 Å². The highest BCUT2D eigenvalue weighted by molar-refractivity contribution is 7.05. The molecule has 18 heavy (non-hydrogen) atoms. The Morgan fingerprint density at radius 3 is 2.67 bits per heavy atom. The summed E-state index contributed by atoms with van der Waals surface area (Å²) >= 11 is 1.48. The predicted octanol–water partition coefficient (Wildman–Crippen LogP) is 2.00. The third-order valence-electron chi connectivity index (χ3n) is 3.10. The molecule has 0 aliphatic rings. The Hall–Kier alpha value is -1.27. The number of aromatic nitrogens is 4. The Balaban J connectivity index is 2.01. The Bertz CT molecular complexity index is 516. The van der Waals surface area contributed by atoms with Crippen LogP contribution in [0.2, 0.25) is 0 Å². The summed E-state index contributed by atoms with van der Waals surface area (Å²) in [7, 11) is 2.11. The normalized spacial score (nSPS) is 11.4. The van der Waals surface area contributed by atoms with Crippen LogP contribution in [0.1, 0.15) is 28.8 Å². The number of hydrogen-bond donors (Lipinski definition) is 0. The smallest absolute Gasteiger partial charge is 0.0769 e. The van der Waals surface area contributed by atoms with E-state index < -0.39 is 0 Å². The highest BCUT2D eigenvalue weighted by Gasteiger charge is 2.11. The van der Waals surface area contributed by atoms with Crippen molar-refractivity contribution in [1.29, 1.82) is 0 Å². The van der Waals surface area contributed by atoms with Gasteiger partial charge in [-0.15, -0.1) is 5.10 Å². The van der Waals surface area contributed by atoms with E-state index in [1.807, 2.05) is 17.8 Å². The third-order valence-corrected chi connectivity index (χ3v) is 3.91. The fourth-order valence-electron chi connectivity index (χ4n) is 1.95. The van der Waals surface area contributed by atoms with Crippen molar-refractivity contribution in [2.75, 3.05) is 7.05 Å². The summed E-state index contributed by atoms with van der Waals surface area (Å²) in [5.41, 5.74) is 3.57. The zero-order chi connectivity index (χ0) is 13.1. The van der Waals surface area contributed by atoms with Crippen molar-refractivity contribution in [3.05, 3.63) is 28.0 Å². The summed E-state index contributed by atoms with van der Waals surface area (Å²) in [6, 6.07) is 0. The summed E-state index contributed by atoms with van der Waals surface area (Å²) in [5, 5.41) is 8.41. The van der Waals surface area contributed by atoms with Crippen molar-refractivity contribution < 1.29 is 0 Å². The third kappa shape index (κ3) is 2.76. The molecule has 0 atom stereocenters. The second-order valence-corrected chi connectivity index (χ2v) is 5.36. The molecule has 6 heteroatoms. The van der Waals surface area contributed by atoms with Crippen LogP contribution in [-0.4, -0.2) is 31.3 Å². The molecule has 0 spiro atoms. The molecule has 0 N–H and O–H groups in total. The predicted molar refractivity (Wildman–Crippen MR) is 72.5 cm³/mol. The van der Waals surface area contributed by atoms with Crippen molar-refractivity contribution in [2.45, 2.75) is 40.4 Å². The van der Waals surface area contributed by atoms with Gasteiger partial charge in [0.2, 0.25) is 0 Å². The van der Waals surface area contributed by atoms with E-state index in [9.17, 15) is 0 Å². The van der Waals surface area contributed by atoms with Crippen LogP contribution in [0.15, 0.2) is 6.20 Å². The maximum Gasteiger partial charge on any atom is 0.0769 e. The van der Waals surface area contributed by atoms with Crippen molar-refractivity contribution in [2.24, 2.45) is 0 Å². The molecule has 2 aromatic rings. The molecule has 0 aromatic carbocycles. The molecule has 2 rings (SSSR count). The summed E-state index contributed by atoms with van der Waals surface area (Å²) in [4.78, 5) is 3.50. The Kier molecular flexibility index (Phi) is 4.08. The topological polar surface area (TPSA) is 46.8 Å². The van der Waals surface area contributed by atoms with Gasteiger partial charge >= 0.3 is 0 Å². The maximum absolute atomic E-state index is 4.37. The van der Waals surface area contributed by atoms with E-state index in [0.717, 1.165) is 25.3 Å². The molecular weight excluding hydrogens is 246 g/mol. The standard InChI is InChI=1S/C12H19N5S/c1-5-17-10(3)11(6-13-17)7-16(4)8-12-9(2)14-15-18-12/h6H,5,7-8H2,1-4H3. The van der Waals surface area contributed by atoms with E-state index >= 15 is 0 Å². The van der Waals surface area contributed by atoms with Crippen LogP contribution in [0.5, 0.6) is 0 Å². The van der Waals surface area contributed by atoms with Crippen LogP contribution >= 0.6 is 11.5 Å². The minimum atomic E-state index is 0.889. The van der Waals surface area contributed by atoms with Crippen molar-refractivity contribution in [1.82, 2.24) is 24.3 Å². The Morgan fingerprint density at radius 2 is 2.11 bits per heavy atom. The molecule has 0 radical (unpaired) electrons. The minimum Gasteiger partial charge on any atom is -0.297 e. The lowest BCUT2D eigenvalue weighted by molar-refractivity contribution is 0.320. The van der Waals surface area contributed by atoms with Crippen LogP contribution in [0.3, 0.4) is 0 Å². The van der Waals surface area contributed by atoms with Crippen molar-refractivity contribution in [3.8, 4) is 0 Å². The molecule has 0 unspecified atom stereocenters. The molecular formula is C12H19N5S. The van der Waals surface area contributed by atoms with Gasteiger partial charge in [0.05, 0.1) is 16.8 Å². The summed E-state index contributed by atoms with van der Waals surface area (Å²) in [5.74, 6) is 0. The molecule has 0 aliphatic heterocycles. The molecule has 0 fully saturated rings. The van der Waals surface area contributed by atoms with Gasteiger partial charge in [0.25, 0.3) is 0 Å². The minimum absolute atomic E-state index is 0.889. The van der Waals surface area contributed by atoms with E-state index in [1.54, 1.807) is 0 Å². The van der Waals surface area contributed by atoms with Gasteiger partial charge in [-0.2, -0.15) is 5.10 Å². The van der Waals surface area contributed by atoms with Crippen LogP contribution in [0.4, 0.5) is 0 Å². The average molecular weight is 265 g/mol. The highest BCUT2D eigenvalue weighted by atomic mass is 32.1. The first-order valence-electron chi connectivity index (χ1n) is 6.09. The monoisotopic (exact) mass is 265 g/mol. The fourth-order valence-corrected chi connectivity index (χ4v) is 2.66. The van der Waals surface area contributed by atoms with E-state index in [0.29, 0.717) is 0 Å². The zero-order valence-electron chi connectivity index (χ0n) is 11.3. The summed E-state index contributed by atoms with van der Waals surface area (Å²) in [6.07, 6.45) is 1.97. The molecule has 2 aromatic heterocycles. The van der Waals surface area contributed by atoms with Crippen LogP contribution in [0.25, 0.3) is 0 Å². The first-order chi connectivity index (χ1) is 8.61. The molecule has 5 nitrogen and oxygen atoms in total. The summed E-state index contributed by atoms with van der Waals surface area (Å²) in [6.45, 7) is 8.96. The molecule has 2 heterocycles. The average Bonchev–Trinajstić information content (AvgIpc) is 2.88. The second-order valence-electron chi connectivity index (χ2n) is 4.52. The van der Waals surface area contributed by atoms with Gasteiger partial charge in [0.15, 0.2) is 0 Å². The first kappa shape index (κ1) is 13.2. The maximum atomic E-state index is 4.37. The largest absolute Gasteiger partial charge is 0.297 e. The molecule has 0 saturated heterocycles. The number of hydrogen-bond acceptors (Lipinski definition) is 5. The Labute approximate surface area is 112 Å². The lowest BCUT2D eigenvalue weighted by atomic mass is 10.2. The number of aryl methyl sites for hydroxylation is 2. The lowest BCUT2D eigenvalue weighted by Crippen LogP contribution is -2.17. The molecule has 0 saturated carbocycles. The fraction of sp³-hybridized carbons (Fsp3) is 0.583.